The van der Waals surface area contributed by atoms with E-state index in [2.05, 4.69) is 0 Å². The molecule has 11 atom stereocenters. The van der Waals surface area contributed by atoms with Gasteiger partial charge in [0.25, 0.3) is 0 Å². The molecular weight excluding hydrogens is 508 g/mol. The van der Waals surface area contributed by atoms with Crippen molar-refractivity contribution in [3.63, 3.8) is 0 Å². The molecule has 13 nitrogen and oxygen atoms in total. The predicted molar refractivity (Wildman–Crippen MR) is 123 cm³/mol. The van der Waals surface area contributed by atoms with Crippen molar-refractivity contribution in [3.8, 4) is 0 Å². The molecule has 208 valence electrons. The Morgan fingerprint density at radius 1 is 0.947 bits per heavy atom. The summed E-state index contributed by atoms with van der Waals surface area (Å²) in [6, 6.07) is 7.99. The fourth-order valence-electron chi connectivity index (χ4n) is 5.28. The van der Waals surface area contributed by atoms with Gasteiger partial charge in [-0.1, -0.05) is 25.1 Å². The zero-order valence-corrected chi connectivity index (χ0v) is 20.5. The monoisotopic (exact) mass is 538 g/mol. The molecule has 3 aliphatic rings. The smallest absolute Gasteiger partial charge is 0.338 e. The van der Waals surface area contributed by atoms with Crippen LogP contribution in [0.2, 0.25) is 0 Å². The number of carboxylic acid groups (broad SMARTS) is 1. The number of esters is 2. The molecule has 0 spiro atoms. The second kappa shape index (κ2) is 11.4. The predicted octanol–water partition coefficient (Wildman–Crippen LogP) is -0.833. The molecule has 2 aliphatic heterocycles. The number of aliphatic hydroxyl groups excluding tert-OH is 4. The first kappa shape index (κ1) is 28.0. The van der Waals surface area contributed by atoms with Crippen molar-refractivity contribution in [1.29, 1.82) is 0 Å². The largest absolute Gasteiger partial charge is 0.478 e. The maximum atomic E-state index is 12.9. The minimum atomic E-state index is -1.74. The molecule has 2 fully saturated rings. The van der Waals surface area contributed by atoms with E-state index in [-0.39, 0.29) is 11.1 Å². The van der Waals surface area contributed by atoms with Gasteiger partial charge in [0.05, 0.1) is 24.0 Å². The first-order chi connectivity index (χ1) is 18.0. The van der Waals surface area contributed by atoms with Crippen molar-refractivity contribution in [1.82, 2.24) is 0 Å². The molecule has 0 amide bonds. The van der Waals surface area contributed by atoms with Crippen LogP contribution < -0.4 is 0 Å². The lowest BCUT2D eigenvalue weighted by atomic mass is 9.82. The first-order valence-corrected chi connectivity index (χ1v) is 12.0. The van der Waals surface area contributed by atoms with Crippen LogP contribution in [0.1, 0.15) is 24.2 Å². The summed E-state index contributed by atoms with van der Waals surface area (Å²) in [5, 5.41) is 50.0. The average molecular weight is 539 g/mol. The number of benzene rings is 1. The van der Waals surface area contributed by atoms with Crippen LogP contribution in [0, 0.1) is 17.8 Å². The van der Waals surface area contributed by atoms with Crippen molar-refractivity contribution in [2.45, 2.75) is 63.1 Å². The standard InChI is InChI=1S/C25H30O13/c1-10-15-16(21(20(10)35-11(2)27)37-23(33)12-6-4-3-5-7-12)13(22(31)32)9-34-24(15)38-25-19(30)18(29)17(28)14(8-26)36-25/h3-7,9-10,14-21,24-26,28-30H,8H2,1-2H3,(H,31,32)/t10-,14+,15-,16+,17+,18-,19+,20-,21-,24-,25-/m1/s1. The molecule has 38 heavy (non-hydrogen) atoms. The molecule has 4 rings (SSSR count). The van der Waals surface area contributed by atoms with Crippen molar-refractivity contribution in [3.05, 3.63) is 47.7 Å². The molecule has 1 aromatic rings. The van der Waals surface area contributed by atoms with Crippen LogP contribution in [-0.2, 0) is 33.3 Å². The van der Waals surface area contributed by atoms with E-state index in [0.29, 0.717) is 0 Å². The summed E-state index contributed by atoms with van der Waals surface area (Å²) in [6.07, 6.45) is -10.6. The van der Waals surface area contributed by atoms with E-state index < -0.39 is 91.5 Å². The van der Waals surface area contributed by atoms with Crippen molar-refractivity contribution < 1.29 is 63.6 Å². The van der Waals surface area contributed by atoms with Gasteiger partial charge in [0, 0.05) is 24.7 Å². The quantitative estimate of drug-likeness (QED) is 0.270. The average Bonchev–Trinajstić information content (AvgIpc) is 3.15. The van der Waals surface area contributed by atoms with Gasteiger partial charge in [-0.2, -0.15) is 0 Å². The number of hydrogen-bond acceptors (Lipinski definition) is 12. The topological polar surface area (TPSA) is 199 Å². The number of carbonyl (C=O) groups is 3. The van der Waals surface area contributed by atoms with Crippen LogP contribution in [0.4, 0.5) is 0 Å². The van der Waals surface area contributed by atoms with Gasteiger partial charge in [-0.05, 0) is 12.1 Å². The lowest BCUT2D eigenvalue weighted by molar-refractivity contribution is -0.343. The number of ether oxygens (including phenoxy) is 5. The Labute approximate surface area is 217 Å². The fourth-order valence-corrected chi connectivity index (χ4v) is 5.28. The second-order valence-corrected chi connectivity index (χ2v) is 9.49. The van der Waals surface area contributed by atoms with Gasteiger partial charge in [0.1, 0.15) is 36.6 Å². The third kappa shape index (κ3) is 5.25. The van der Waals surface area contributed by atoms with E-state index in [1.807, 2.05) is 0 Å². The molecule has 0 radical (unpaired) electrons. The van der Waals surface area contributed by atoms with Gasteiger partial charge < -0.3 is 49.2 Å². The minimum Gasteiger partial charge on any atom is -0.478 e. The number of hydrogen-bond donors (Lipinski definition) is 5. The van der Waals surface area contributed by atoms with E-state index in [0.717, 1.165) is 13.2 Å². The zero-order chi connectivity index (χ0) is 27.7. The van der Waals surface area contributed by atoms with E-state index in [4.69, 9.17) is 23.7 Å². The van der Waals surface area contributed by atoms with E-state index in [1.54, 1.807) is 25.1 Å². The molecule has 0 unspecified atom stereocenters. The molecule has 1 saturated carbocycles. The lowest BCUT2D eigenvalue weighted by Crippen LogP contribution is -2.60. The molecule has 5 N–H and O–H groups in total. The summed E-state index contributed by atoms with van der Waals surface area (Å²) >= 11 is 0. The summed E-state index contributed by atoms with van der Waals surface area (Å²) in [5.74, 6) is -5.45. The van der Waals surface area contributed by atoms with E-state index in [9.17, 15) is 39.9 Å². The third-order valence-corrected chi connectivity index (χ3v) is 7.14. The van der Waals surface area contributed by atoms with Crippen LogP contribution in [0.3, 0.4) is 0 Å². The molecule has 1 aliphatic carbocycles. The Hall–Kier alpha value is -3.07. The molecule has 0 bridgehead atoms. The number of aliphatic carboxylic acids is 1. The number of rotatable bonds is 7. The summed E-state index contributed by atoms with van der Waals surface area (Å²) in [6.45, 7) is 2.12. The molecular formula is C25H30O13. The number of fused-ring (bicyclic) bond motifs is 1. The molecule has 2 heterocycles. The maximum absolute atomic E-state index is 12.9. The molecule has 0 aromatic heterocycles. The third-order valence-electron chi connectivity index (χ3n) is 7.14. The SMILES string of the molecule is CC(=O)O[C@@H]1[C@H](C)[C@H]2[C@@H](O[C@H]3O[C@@H](CO)[C@H](O)[C@@H](O)[C@@H]3O)OC=C(C(=O)O)[C@@H]2[C@H]1OC(=O)c1ccccc1. The van der Waals surface area contributed by atoms with Crippen LogP contribution in [0.5, 0.6) is 0 Å². The summed E-state index contributed by atoms with van der Waals surface area (Å²) < 4.78 is 28.0. The van der Waals surface area contributed by atoms with Crippen molar-refractivity contribution in [2.75, 3.05) is 6.61 Å². The number of aliphatic hydroxyl groups is 4. The summed E-state index contributed by atoms with van der Waals surface area (Å²) in [4.78, 5) is 37.1. The Morgan fingerprint density at radius 3 is 2.24 bits per heavy atom. The van der Waals surface area contributed by atoms with Gasteiger partial charge in [0.15, 0.2) is 6.29 Å². The van der Waals surface area contributed by atoms with Crippen molar-refractivity contribution >= 4 is 17.9 Å². The molecule has 13 heteroatoms. The van der Waals surface area contributed by atoms with Gasteiger partial charge in [-0.15, -0.1) is 0 Å². The highest BCUT2D eigenvalue weighted by atomic mass is 16.8. The lowest BCUT2D eigenvalue weighted by Gasteiger charge is -2.43. The summed E-state index contributed by atoms with van der Waals surface area (Å²) in [7, 11) is 0. The highest BCUT2D eigenvalue weighted by molar-refractivity contribution is 5.90. The van der Waals surface area contributed by atoms with E-state index >= 15 is 0 Å². The van der Waals surface area contributed by atoms with Gasteiger partial charge >= 0.3 is 17.9 Å². The molecule has 1 aromatic carbocycles. The highest BCUT2D eigenvalue weighted by Gasteiger charge is 2.61. The van der Waals surface area contributed by atoms with Gasteiger partial charge in [-0.3, -0.25) is 4.79 Å². The zero-order valence-electron chi connectivity index (χ0n) is 20.5. The second-order valence-electron chi connectivity index (χ2n) is 9.49. The molecule has 1 saturated heterocycles. The first-order valence-electron chi connectivity index (χ1n) is 12.0. The Morgan fingerprint density at radius 2 is 1.63 bits per heavy atom. The van der Waals surface area contributed by atoms with Gasteiger partial charge in [0.2, 0.25) is 6.29 Å². The Balaban J connectivity index is 1.67. The van der Waals surface area contributed by atoms with Crippen LogP contribution in [0.15, 0.2) is 42.2 Å². The highest BCUT2D eigenvalue weighted by Crippen LogP contribution is 2.50. The van der Waals surface area contributed by atoms with Gasteiger partial charge in [-0.25, -0.2) is 9.59 Å². The van der Waals surface area contributed by atoms with Crippen LogP contribution in [-0.4, -0.2) is 99.3 Å². The number of carbonyl (C=O) groups excluding carboxylic acids is 2. The normalized spacial score (nSPS) is 38.4. The van der Waals surface area contributed by atoms with Crippen LogP contribution >= 0.6 is 0 Å². The Bertz CT molecular complexity index is 1060. The summed E-state index contributed by atoms with van der Waals surface area (Å²) in [5.41, 5.74) is -0.0526. The fraction of sp³-hybridized carbons (Fsp3) is 0.560. The van der Waals surface area contributed by atoms with E-state index in [1.165, 1.54) is 12.1 Å². The maximum Gasteiger partial charge on any atom is 0.338 e. The van der Waals surface area contributed by atoms with Crippen molar-refractivity contribution in [2.24, 2.45) is 17.8 Å². The van der Waals surface area contributed by atoms with Crippen LogP contribution in [0.25, 0.3) is 0 Å². The Kier molecular flexibility index (Phi) is 8.35. The number of carboxylic acids is 1. The minimum absolute atomic E-state index is 0.201.